The van der Waals surface area contributed by atoms with Crippen LogP contribution in [0.5, 0.6) is 0 Å². The molecule has 0 aliphatic heterocycles. The molecule has 3 rings (SSSR count). The van der Waals surface area contributed by atoms with Crippen LogP contribution in [0.3, 0.4) is 0 Å². The number of nitrogens with one attached hydrogen (secondary N) is 1. The smallest absolute Gasteiger partial charge is 0.163 e. The largest absolute Gasteiger partial charge is 0.309 e. The number of hydrogen-bond donors (Lipinski definition) is 1. The van der Waals surface area contributed by atoms with Crippen molar-refractivity contribution in [3.63, 3.8) is 0 Å². The normalized spacial score (nSPS) is 12.5. The van der Waals surface area contributed by atoms with Crippen LogP contribution < -0.4 is 5.32 Å². The third-order valence-electron chi connectivity index (χ3n) is 3.56. The van der Waals surface area contributed by atoms with E-state index in [4.69, 9.17) is 0 Å². The first kappa shape index (κ1) is 13.6. The highest BCUT2D eigenvalue weighted by Gasteiger charge is 2.20. The Hall–Kier alpha value is -2.33. The summed E-state index contributed by atoms with van der Waals surface area (Å²) in [5.74, 6) is -1.68. The first-order chi connectivity index (χ1) is 10.2. The molecule has 1 aromatic heterocycles. The van der Waals surface area contributed by atoms with Gasteiger partial charge in [0.2, 0.25) is 0 Å². The summed E-state index contributed by atoms with van der Waals surface area (Å²) in [7, 11) is 1.72. The molecule has 3 aromatic rings. The SMILES string of the molecule is CNC(c1cccc(F)c1F)c1cccc2cccnc12. The van der Waals surface area contributed by atoms with Crippen LogP contribution in [0.4, 0.5) is 8.78 Å². The van der Waals surface area contributed by atoms with Gasteiger partial charge in [0.1, 0.15) is 0 Å². The van der Waals surface area contributed by atoms with Crippen LogP contribution in [0.2, 0.25) is 0 Å². The van der Waals surface area contributed by atoms with Crippen molar-refractivity contribution in [1.82, 2.24) is 10.3 Å². The van der Waals surface area contributed by atoms with Gasteiger partial charge in [0.05, 0.1) is 11.6 Å². The number of para-hydroxylation sites is 1. The number of fused-ring (bicyclic) bond motifs is 1. The van der Waals surface area contributed by atoms with Crippen LogP contribution in [0.25, 0.3) is 10.9 Å². The molecule has 0 spiro atoms. The average Bonchev–Trinajstić information content (AvgIpc) is 2.52. The minimum atomic E-state index is -0.846. The fraction of sp³-hybridized carbons (Fsp3) is 0.118. The lowest BCUT2D eigenvalue weighted by atomic mass is 9.96. The number of halogens is 2. The Kier molecular flexibility index (Phi) is 3.62. The predicted molar refractivity (Wildman–Crippen MR) is 79.0 cm³/mol. The zero-order valence-corrected chi connectivity index (χ0v) is 11.5. The van der Waals surface area contributed by atoms with Gasteiger partial charge < -0.3 is 5.32 Å². The molecule has 106 valence electrons. The van der Waals surface area contributed by atoms with Gasteiger partial charge in [-0.15, -0.1) is 0 Å². The van der Waals surface area contributed by atoms with Crippen molar-refractivity contribution < 1.29 is 8.78 Å². The molecule has 0 aliphatic carbocycles. The number of pyridine rings is 1. The lowest BCUT2D eigenvalue weighted by Crippen LogP contribution is -2.20. The third-order valence-corrected chi connectivity index (χ3v) is 3.56. The molecular formula is C17H14F2N2. The minimum Gasteiger partial charge on any atom is -0.309 e. The zero-order chi connectivity index (χ0) is 14.8. The molecule has 4 heteroatoms. The van der Waals surface area contributed by atoms with Crippen LogP contribution in [0.1, 0.15) is 17.2 Å². The maximum atomic E-state index is 14.1. The molecule has 21 heavy (non-hydrogen) atoms. The lowest BCUT2D eigenvalue weighted by Gasteiger charge is -2.19. The second kappa shape index (κ2) is 5.58. The van der Waals surface area contributed by atoms with Crippen LogP contribution in [0, 0.1) is 11.6 Å². The Balaban J connectivity index is 2.21. The number of aromatic nitrogens is 1. The summed E-state index contributed by atoms with van der Waals surface area (Å²) in [4.78, 5) is 4.37. The minimum absolute atomic E-state index is 0.274. The summed E-state index contributed by atoms with van der Waals surface area (Å²) in [6, 6.07) is 13.3. The maximum absolute atomic E-state index is 14.1. The molecule has 1 atom stereocenters. The molecule has 2 nitrogen and oxygen atoms in total. The van der Waals surface area contributed by atoms with Crippen LogP contribution in [-0.2, 0) is 0 Å². The van der Waals surface area contributed by atoms with Gasteiger partial charge in [0, 0.05) is 17.1 Å². The van der Waals surface area contributed by atoms with Crippen LogP contribution in [0.15, 0.2) is 54.7 Å². The molecule has 2 aromatic carbocycles. The standard InChI is InChI=1S/C17H14F2N2/c1-20-17(12-7-3-9-14(18)15(12)19)13-8-2-5-11-6-4-10-21-16(11)13/h2-10,17,20H,1H3. The third kappa shape index (κ3) is 2.38. The highest BCUT2D eigenvalue weighted by Crippen LogP contribution is 2.29. The average molecular weight is 284 g/mol. The molecule has 1 heterocycles. The van der Waals surface area contributed by atoms with Crippen LogP contribution in [-0.4, -0.2) is 12.0 Å². The Morgan fingerprint density at radius 3 is 2.48 bits per heavy atom. The van der Waals surface area contributed by atoms with E-state index >= 15 is 0 Å². The van der Waals surface area contributed by atoms with Gasteiger partial charge in [-0.3, -0.25) is 4.98 Å². The second-order valence-electron chi connectivity index (χ2n) is 4.79. The fourth-order valence-corrected chi connectivity index (χ4v) is 2.58. The van der Waals surface area contributed by atoms with Gasteiger partial charge in [-0.05, 0) is 24.7 Å². The first-order valence-electron chi connectivity index (χ1n) is 6.67. The van der Waals surface area contributed by atoms with Crippen molar-refractivity contribution in [2.45, 2.75) is 6.04 Å². The summed E-state index contributed by atoms with van der Waals surface area (Å²) in [5.41, 5.74) is 1.87. The summed E-state index contributed by atoms with van der Waals surface area (Å²) in [6.07, 6.45) is 1.69. The molecule has 0 saturated heterocycles. The number of rotatable bonds is 3. The lowest BCUT2D eigenvalue weighted by molar-refractivity contribution is 0.487. The quantitative estimate of drug-likeness (QED) is 0.791. The van der Waals surface area contributed by atoms with Gasteiger partial charge in [-0.2, -0.15) is 0 Å². The van der Waals surface area contributed by atoms with Crippen molar-refractivity contribution in [3.8, 4) is 0 Å². The molecular weight excluding hydrogens is 270 g/mol. The van der Waals surface area contributed by atoms with E-state index in [0.29, 0.717) is 0 Å². The van der Waals surface area contributed by atoms with Crippen molar-refractivity contribution in [2.24, 2.45) is 0 Å². The van der Waals surface area contributed by atoms with E-state index in [1.54, 1.807) is 19.3 Å². The van der Waals surface area contributed by atoms with Crippen molar-refractivity contribution in [3.05, 3.63) is 77.5 Å². The maximum Gasteiger partial charge on any atom is 0.163 e. The Morgan fingerprint density at radius 2 is 1.67 bits per heavy atom. The highest BCUT2D eigenvalue weighted by atomic mass is 19.2. The van der Waals surface area contributed by atoms with Crippen LogP contribution >= 0.6 is 0 Å². The Bertz CT molecular complexity index is 781. The van der Waals surface area contributed by atoms with Crippen molar-refractivity contribution in [1.29, 1.82) is 0 Å². The fourth-order valence-electron chi connectivity index (χ4n) is 2.58. The van der Waals surface area contributed by atoms with Gasteiger partial charge in [-0.1, -0.05) is 36.4 Å². The first-order valence-corrected chi connectivity index (χ1v) is 6.67. The number of benzene rings is 2. The van der Waals surface area contributed by atoms with Gasteiger partial charge >= 0.3 is 0 Å². The van der Waals surface area contributed by atoms with E-state index in [1.165, 1.54) is 6.07 Å². The molecule has 1 unspecified atom stereocenters. The van der Waals surface area contributed by atoms with Gasteiger partial charge in [0.15, 0.2) is 11.6 Å². The zero-order valence-electron chi connectivity index (χ0n) is 11.5. The van der Waals surface area contributed by atoms with E-state index in [-0.39, 0.29) is 5.56 Å². The molecule has 0 aliphatic rings. The van der Waals surface area contributed by atoms with E-state index in [1.807, 2.05) is 30.3 Å². The molecule has 0 fully saturated rings. The van der Waals surface area contributed by atoms with E-state index in [0.717, 1.165) is 22.5 Å². The van der Waals surface area contributed by atoms with E-state index in [9.17, 15) is 8.78 Å². The van der Waals surface area contributed by atoms with Crippen molar-refractivity contribution >= 4 is 10.9 Å². The summed E-state index contributed by atoms with van der Waals surface area (Å²) in [5, 5.41) is 4.01. The van der Waals surface area contributed by atoms with E-state index in [2.05, 4.69) is 10.3 Å². The molecule has 1 N–H and O–H groups in total. The summed E-state index contributed by atoms with van der Waals surface area (Å²) < 4.78 is 27.6. The predicted octanol–water partition coefficient (Wildman–Crippen LogP) is 3.82. The number of nitrogens with zero attached hydrogens (tertiary/aromatic N) is 1. The number of hydrogen-bond acceptors (Lipinski definition) is 2. The second-order valence-corrected chi connectivity index (χ2v) is 4.79. The molecule has 0 bridgehead atoms. The Morgan fingerprint density at radius 1 is 0.952 bits per heavy atom. The van der Waals surface area contributed by atoms with Crippen molar-refractivity contribution in [2.75, 3.05) is 7.05 Å². The molecule has 0 saturated carbocycles. The van der Waals surface area contributed by atoms with E-state index < -0.39 is 17.7 Å². The summed E-state index contributed by atoms with van der Waals surface area (Å²) >= 11 is 0. The Labute approximate surface area is 121 Å². The monoisotopic (exact) mass is 284 g/mol. The topological polar surface area (TPSA) is 24.9 Å². The van der Waals surface area contributed by atoms with Gasteiger partial charge in [0.25, 0.3) is 0 Å². The molecule has 0 radical (unpaired) electrons. The van der Waals surface area contributed by atoms with Gasteiger partial charge in [-0.25, -0.2) is 8.78 Å². The summed E-state index contributed by atoms with van der Waals surface area (Å²) in [6.45, 7) is 0. The highest BCUT2D eigenvalue weighted by molar-refractivity contribution is 5.82. The molecule has 0 amide bonds.